The number of likely N-dealkylation sites (tertiary alicyclic amines) is 1. The number of carbonyl (C=O) groups excluding carboxylic acids is 2. The fourth-order valence-electron chi connectivity index (χ4n) is 3.92. The number of pyridine rings is 1. The number of benzene rings is 1. The molecule has 0 aliphatic carbocycles. The maximum Gasteiger partial charge on any atom is 0.259 e. The molecule has 1 N–H and O–H groups in total. The summed E-state index contributed by atoms with van der Waals surface area (Å²) in [4.78, 5) is 30.4. The fraction of sp³-hybridized carbons (Fsp3) is 0.458. The van der Waals surface area contributed by atoms with Gasteiger partial charge >= 0.3 is 0 Å². The van der Waals surface area contributed by atoms with Crippen LogP contribution in [0.25, 0.3) is 0 Å². The van der Waals surface area contributed by atoms with Crippen LogP contribution in [0, 0.1) is 5.92 Å². The second kappa shape index (κ2) is 10.8. The van der Waals surface area contributed by atoms with E-state index in [0.717, 1.165) is 38.8 Å². The maximum atomic E-state index is 12.9. The van der Waals surface area contributed by atoms with E-state index in [9.17, 15) is 9.59 Å². The molecule has 0 spiro atoms. The predicted octanol–water partition coefficient (Wildman–Crippen LogP) is 2.87. The number of carbonyl (C=O) groups is 2. The smallest absolute Gasteiger partial charge is 0.259 e. The Morgan fingerprint density at radius 2 is 1.71 bits per heavy atom. The first kappa shape index (κ1) is 22.6. The van der Waals surface area contributed by atoms with Crippen molar-refractivity contribution in [3.05, 3.63) is 53.1 Å². The largest absolute Gasteiger partial charge is 0.481 e. The summed E-state index contributed by atoms with van der Waals surface area (Å²) in [5.74, 6) is 1.28. The molecule has 166 valence electrons. The predicted molar refractivity (Wildman–Crippen MR) is 119 cm³/mol. The number of hydrogen-bond acceptors (Lipinski definition) is 5. The molecule has 3 rings (SSSR count). The van der Waals surface area contributed by atoms with Gasteiger partial charge in [0.1, 0.15) is 5.56 Å². The van der Waals surface area contributed by atoms with E-state index in [2.05, 4.69) is 34.6 Å². The highest BCUT2D eigenvalue weighted by Gasteiger charge is 2.26. The van der Waals surface area contributed by atoms with Crippen LogP contribution in [0.4, 0.5) is 0 Å². The molecule has 1 aliphatic heterocycles. The van der Waals surface area contributed by atoms with Gasteiger partial charge in [0.05, 0.1) is 14.2 Å². The highest BCUT2D eigenvalue weighted by atomic mass is 16.5. The number of amides is 2. The Kier molecular flexibility index (Phi) is 7.87. The van der Waals surface area contributed by atoms with Gasteiger partial charge in [-0.05, 0) is 48.8 Å². The van der Waals surface area contributed by atoms with Crippen molar-refractivity contribution >= 4 is 11.8 Å². The third-order valence-corrected chi connectivity index (χ3v) is 5.84. The van der Waals surface area contributed by atoms with Gasteiger partial charge in [0.15, 0.2) is 0 Å². The van der Waals surface area contributed by atoms with E-state index in [0.29, 0.717) is 29.7 Å². The second-order valence-electron chi connectivity index (χ2n) is 7.84. The molecule has 1 saturated heterocycles. The number of aromatic nitrogens is 1. The van der Waals surface area contributed by atoms with Crippen LogP contribution in [0.2, 0.25) is 0 Å². The summed E-state index contributed by atoms with van der Waals surface area (Å²) in [7, 11) is 4.70. The highest BCUT2D eigenvalue weighted by Crippen LogP contribution is 2.26. The lowest BCUT2D eigenvalue weighted by molar-refractivity contribution is -0.120. The summed E-state index contributed by atoms with van der Waals surface area (Å²) in [5.41, 5.74) is 2.94. The topological polar surface area (TPSA) is 80.8 Å². The lowest BCUT2D eigenvalue weighted by Crippen LogP contribution is -2.39. The molecule has 0 saturated carbocycles. The quantitative estimate of drug-likeness (QED) is 0.703. The van der Waals surface area contributed by atoms with Crippen LogP contribution in [-0.2, 0) is 17.6 Å². The van der Waals surface area contributed by atoms with Crippen molar-refractivity contribution in [1.29, 1.82) is 0 Å². The van der Waals surface area contributed by atoms with Gasteiger partial charge in [0.25, 0.3) is 5.91 Å². The SMILES string of the molecule is CNC(=O)CCc1ccc(CC2CCN(C(=O)c3ccc(OC)nc3OC)CC2)cc1. The molecule has 1 aromatic carbocycles. The molecule has 0 bridgehead atoms. The van der Waals surface area contributed by atoms with E-state index in [1.54, 1.807) is 19.2 Å². The molecule has 0 radical (unpaired) electrons. The molecular formula is C24H31N3O4. The van der Waals surface area contributed by atoms with E-state index in [1.807, 2.05) is 4.90 Å². The molecule has 2 aromatic rings. The van der Waals surface area contributed by atoms with E-state index in [-0.39, 0.29) is 11.8 Å². The molecule has 31 heavy (non-hydrogen) atoms. The highest BCUT2D eigenvalue weighted by molar-refractivity contribution is 5.96. The van der Waals surface area contributed by atoms with Crippen LogP contribution in [-0.4, -0.2) is 56.1 Å². The van der Waals surface area contributed by atoms with Gasteiger partial charge < -0.3 is 19.7 Å². The van der Waals surface area contributed by atoms with Gasteiger partial charge in [-0.3, -0.25) is 9.59 Å². The molecule has 2 heterocycles. The zero-order valence-corrected chi connectivity index (χ0v) is 18.5. The Morgan fingerprint density at radius 1 is 1.03 bits per heavy atom. The van der Waals surface area contributed by atoms with Crippen LogP contribution in [0.5, 0.6) is 11.8 Å². The lowest BCUT2D eigenvalue weighted by atomic mass is 9.89. The Hall–Kier alpha value is -3.09. The van der Waals surface area contributed by atoms with E-state index >= 15 is 0 Å². The average Bonchev–Trinajstić information content (AvgIpc) is 2.83. The van der Waals surface area contributed by atoms with E-state index < -0.39 is 0 Å². The number of aryl methyl sites for hydroxylation is 1. The zero-order valence-electron chi connectivity index (χ0n) is 18.5. The summed E-state index contributed by atoms with van der Waals surface area (Å²) in [6.45, 7) is 1.45. The van der Waals surface area contributed by atoms with Crippen molar-refractivity contribution in [3.63, 3.8) is 0 Å². The van der Waals surface area contributed by atoms with Gasteiger partial charge in [-0.2, -0.15) is 4.98 Å². The summed E-state index contributed by atoms with van der Waals surface area (Å²) in [6, 6.07) is 11.9. The van der Waals surface area contributed by atoms with Crippen molar-refractivity contribution in [1.82, 2.24) is 15.2 Å². The molecular weight excluding hydrogens is 394 g/mol. The molecule has 7 heteroatoms. The summed E-state index contributed by atoms with van der Waals surface area (Å²) < 4.78 is 10.4. The fourth-order valence-corrected chi connectivity index (χ4v) is 3.92. The number of hydrogen-bond donors (Lipinski definition) is 1. The summed E-state index contributed by atoms with van der Waals surface area (Å²) in [6.07, 6.45) is 4.21. The van der Waals surface area contributed by atoms with Gasteiger partial charge in [-0.15, -0.1) is 0 Å². The molecule has 1 aliphatic rings. The van der Waals surface area contributed by atoms with Crippen LogP contribution >= 0.6 is 0 Å². The standard InChI is InChI=1S/C24H31N3O4/c1-25-21(28)10-8-17-4-6-18(7-5-17)16-19-12-14-27(15-13-19)24(29)20-9-11-22(30-2)26-23(20)31-3/h4-7,9,11,19H,8,10,12-16H2,1-3H3,(H,25,28). The van der Waals surface area contributed by atoms with Gasteiger partial charge in [0.2, 0.25) is 17.7 Å². The minimum Gasteiger partial charge on any atom is -0.481 e. The average molecular weight is 426 g/mol. The Balaban J connectivity index is 1.51. The third kappa shape index (κ3) is 5.96. The van der Waals surface area contributed by atoms with Crippen LogP contribution < -0.4 is 14.8 Å². The number of rotatable bonds is 8. The van der Waals surface area contributed by atoms with Gasteiger partial charge in [-0.1, -0.05) is 24.3 Å². The molecule has 1 fully saturated rings. The lowest BCUT2D eigenvalue weighted by Gasteiger charge is -2.32. The molecule has 2 amide bonds. The van der Waals surface area contributed by atoms with Gasteiger partial charge in [-0.25, -0.2) is 0 Å². The van der Waals surface area contributed by atoms with E-state index in [1.165, 1.54) is 25.3 Å². The van der Waals surface area contributed by atoms with Crippen molar-refractivity contribution in [3.8, 4) is 11.8 Å². The molecule has 1 aromatic heterocycles. The number of methoxy groups -OCH3 is 2. The number of nitrogens with one attached hydrogen (secondary N) is 1. The van der Waals surface area contributed by atoms with Crippen molar-refractivity contribution in [2.75, 3.05) is 34.4 Å². The van der Waals surface area contributed by atoms with Crippen molar-refractivity contribution < 1.29 is 19.1 Å². The van der Waals surface area contributed by atoms with Crippen LogP contribution in [0.1, 0.15) is 40.7 Å². The Bertz CT molecular complexity index is 890. The molecule has 0 unspecified atom stereocenters. The zero-order chi connectivity index (χ0) is 22.2. The first-order chi connectivity index (χ1) is 15.0. The Morgan fingerprint density at radius 3 is 2.32 bits per heavy atom. The maximum absolute atomic E-state index is 12.9. The number of ether oxygens (including phenoxy) is 2. The number of nitrogens with zero attached hydrogens (tertiary/aromatic N) is 2. The summed E-state index contributed by atoms with van der Waals surface area (Å²) in [5, 5.41) is 2.65. The second-order valence-corrected chi connectivity index (χ2v) is 7.84. The number of piperidine rings is 1. The minimum atomic E-state index is -0.0501. The van der Waals surface area contributed by atoms with Crippen LogP contribution in [0.15, 0.2) is 36.4 Å². The monoisotopic (exact) mass is 425 g/mol. The third-order valence-electron chi connectivity index (χ3n) is 5.84. The normalized spacial score (nSPS) is 14.2. The van der Waals surface area contributed by atoms with Crippen molar-refractivity contribution in [2.24, 2.45) is 5.92 Å². The summed E-state index contributed by atoms with van der Waals surface area (Å²) >= 11 is 0. The Labute approximate surface area is 183 Å². The first-order valence-electron chi connectivity index (χ1n) is 10.7. The minimum absolute atomic E-state index is 0.0501. The van der Waals surface area contributed by atoms with Gasteiger partial charge in [0, 0.05) is 32.6 Å². The molecule has 7 nitrogen and oxygen atoms in total. The van der Waals surface area contributed by atoms with E-state index in [4.69, 9.17) is 9.47 Å². The van der Waals surface area contributed by atoms with Crippen LogP contribution in [0.3, 0.4) is 0 Å². The molecule has 0 atom stereocenters. The van der Waals surface area contributed by atoms with Crippen molar-refractivity contribution in [2.45, 2.75) is 32.1 Å². The first-order valence-corrected chi connectivity index (χ1v) is 10.7.